The van der Waals surface area contributed by atoms with Crippen LogP contribution in [0.25, 0.3) is 11.0 Å². The van der Waals surface area contributed by atoms with E-state index in [0.29, 0.717) is 6.04 Å². The van der Waals surface area contributed by atoms with E-state index in [1.807, 2.05) is 24.3 Å². The van der Waals surface area contributed by atoms with Gasteiger partial charge in [-0.25, -0.2) is 9.97 Å². The Hall–Kier alpha value is -2.60. The molecular weight excluding hydrogens is 270 g/mol. The summed E-state index contributed by atoms with van der Waals surface area (Å²) >= 11 is 0. The fourth-order valence-corrected chi connectivity index (χ4v) is 2.61. The number of hydrogen-bond acceptors (Lipinski definition) is 2. The van der Waals surface area contributed by atoms with Crippen LogP contribution in [0.4, 0.5) is 0 Å². The number of imidazole rings is 1. The lowest BCUT2D eigenvalue weighted by atomic mass is 10.2. The highest BCUT2D eigenvalue weighted by molar-refractivity contribution is 5.76. The Morgan fingerprint density at radius 3 is 2.68 bits per heavy atom. The molecule has 0 unspecified atom stereocenters. The summed E-state index contributed by atoms with van der Waals surface area (Å²) in [4.78, 5) is 8.97. The molecule has 0 fully saturated rings. The van der Waals surface area contributed by atoms with E-state index in [0.717, 1.165) is 29.9 Å². The van der Waals surface area contributed by atoms with E-state index in [-0.39, 0.29) is 0 Å². The Kier molecular flexibility index (Phi) is 4.20. The van der Waals surface area contributed by atoms with Crippen LogP contribution in [0.15, 0.2) is 48.7 Å². The van der Waals surface area contributed by atoms with E-state index in [9.17, 15) is 0 Å². The molecule has 110 valence electrons. The number of aryl methyl sites for hydroxylation is 1. The number of benzene rings is 1. The molecule has 0 spiro atoms. The Morgan fingerprint density at radius 1 is 1.09 bits per heavy atom. The van der Waals surface area contributed by atoms with E-state index in [1.54, 1.807) is 6.20 Å². The van der Waals surface area contributed by atoms with Gasteiger partial charge in [-0.2, -0.15) is 0 Å². The molecule has 0 N–H and O–H groups in total. The maximum absolute atomic E-state index is 4.76. The lowest BCUT2D eigenvalue weighted by molar-refractivity contribution is 0.584. The topological polar surface area (TPSA) is 30.7 Å². The van der Waals surface area contributed by atoms with Crippen molar-refractivity contribution in [2.75, 3.05) is 0 Å². The van der Waals surface area contributed by atoms with Crippen LogP contribution in [0.5, 0.6) is 0 Å². The standard InChI is InChI=1S/C19H19N3/c1-15(2)22-18-12-5-4-11-17(18)21-19(22)13-6-3-9-16-10-7-8-14-20-16/h4-5,7-8,10-12,14-15H,6,13H2,1-2H3. The van der Waals surface area contributed by atoms with Gasteiger partial charge in [-0.3, -0.25) is 0 Å². The molecule has 0 aliphatic heterocycles. The number of para-hydroxylation sites is 2. The first-order chi connectivity index (χ1) is 10.8. The van der Waals surface area contributed by atoms with Crippen molar-refractivity contribution in [1.82, 2.24) is 14.5 Å². The third-order valence-electron chi connectivity index (χ3n) is 3.54. The van der Waals surface area contributed by atoms with Gasteiger partial charge in [0.25, 0.3) is 0 Å². The minimum absolute atomic E-state index is 0.395. The molecule has 0 amide bonds. The Labute approximate surface area is 131 Å². The fourth-order valence-electron chi connectivity index (χ4n) is 2.61. The second-order valence-corrected chi connectivity index (χ2v) is 5.50. The monoisotopic (exact) mass is 289 g/mol. The van der Waals surface area contributed by atoms with Gasteiger partial charge in [-0.1, -0.05) is 24.1 Å². The summed E-state index contributed by atoms with van der Waals surface area (Å²) in [5, 5.41) is 0. The molecule has 0 aliphatic carbocycles. The zero-order valence-corrected chi connectivity index (χ0v) is 13.0. The Bertz CT molecular complexity index is 820. The summed E-state index contributed by atoms with van der Waals surface area (Å²) in [5.41, 5.74) is 3.08. The van der Waals surface area contributed by atoms with Crippen LogP contribution in [-0.4, -0.2) is 14.5 Å². The summed E-state index contributed by atoms with van der Waals surface area (Å²) in [5.74, 6) is 7.40. The van der Waals surface area contributed by atoms with E-state index >= 15 is 0 Å². The van der Waals surface area contributed by atoms with Crippen LogP contribution in [0.3, 0.4) is 0 Å². The Morgan fingerprint density at radius 2 is 1.91 bits per heavy atom. The molecule has 0 saturated carbocycles. The number of aromatic nitrogens is 3. The van der Waals surface area contributed by atoms with Gasteiger partial charge in [0.15, 0.2) is 0 Å². The predicted octanol–water partition coefficient (Wildman–Crippen LogP) is 4.00. The highest BCUT2D eigenvalue weighted by Gasteiger charge is 2.11. The zero-order chi connectivity index (χ0) is 15.4. The maximum atomic E-state index is 4.76. The number of fused-ring (bicyclic) bond motifs is 1. The van der Waals surface area contributed by atoms with Crippen molar-refractivity contribution in [2.45, 2.75) is 32.7 Å². The summed E-state index contributed by atoms with van der Waals surface area (Å²) in [6, 6.07) is 14.5. The molecule has 0 bridgehead atoms. The lowest BCUT2D eigenvalue weighted by Crippen LogP contribution is -2.06. The van der Waals surface area contributed by atoms with Crippen LogP contribution in [0.1, 0.15) is 37.8 Å². The molecule has 0 aliphatic rings. The van der Waals surface area contributed by atoms with Crippen LogP contribution in [-0.2, 0) is 6.42 Å². The molecule has 3 heteroatoms. The smallest absolute Gasteiger partial charge is 0.113 e. The van der Waals surface area contributed by atoms with Crippen molar-refractivity contribution >= 4 is 11.0 Å². The average Bonchev–Trinajstić information content (AvgIpc) is 2.91. The first kappa shape index (κ1) is 14.3. The van der Waals surface area contributed by atoms with Crippen LogP contribution in [0.2, 0.25) is 0 Å². The van der Waals surface area contributed by atoms with E-state index in [4.69, 9.17) is 4.98 Å². The van der Waals surface area contributed by atoms with E-state index in [1.165, 1.54) is 5.52 Å². The van der Waals surface area contributed by atoms with Crippen LogP contribution >= 0.6 is 0 Å². The molecule has 0 saturated heterocycles. The number of pyridine rings is 1. The molecule has 0 atom stereocenters. The normalized spacial score (nSPS) is 10.7. The van der Waals surface area contributed by atoms with Crippen molar-refractivity contribution in [3.05, 3.63) is 60.2 Å². The molecule has 3 nitrogen and oxygen atoms in total. The van der Waals surface area contributed by atoms with Gasteiger partial charge < -0.3 is 4.57 Å². The molecule has 3 aromatic rings. The highest BCUT2D eigenvalue weighted by Crippen LogP contribution is 2.21. The predicted molar refractivity (Wildman–Crippen MR) is 89.6 cm³/mol. The highest BCUT2D eigenvalue weighted by atomic mass is 15.1. The van der Waals surface area contributed by atoms with Crippen molar-refractivity contribution < 1.29 is 0 Å². The Balaban J connectivity index is 1.80. The minimum Gasteiger partial charge on any atom is -0.325 e. The number of hydrogen-bond donors (Lipinski definition) is 0. The van der Waals surface area contributed by atoms with Gasteiger partial charge in [0.2, 0.25) is 0 Å². The first-order valence-corrected chi connectivity index (χ1v) is 7.61. The third-order valence-corrected chi connectivity index (χ3v) is 3.54. The summed E-state index contributed by atoms with van der Waals surface area (Å²) in [6.45, 7) is 4.38. The summed E-state index contributed by atoms with van der Waals surface area (Å²) in [7, 11) is 0. The molecule has 1 aromatic carbocycles. The molecule has 2 heterocycles. The van der Waals surface area contributed by atoms with Gasteiger partial charge in [-0.05, 0) is 44.0 Å². The molecule has 22 heavy (non-hydrogen) atoms. The van der Waals surface area contributed by atoms with E-state index in [2.05, 4.69) is 53.4 Å². The van der Waals surface area contributed by atoms with Crippen molar-refractivity contribution in [1.29, 1.82) is 0 Å². The largest absolute Gasteiger partial charge is 0.325 e. The van der Waals surface area contributed by atoms with E-state index < -0.39 is 0 Å². The second kappa shape index (κ2) is 6.44. The lowest BCUT2D eigenvalue weighted by Gasteiger charge is -2.12. The quantitative estimate of drug-likeness (QED) is 0.682. The number of rotatable bonds is 3. The minimum atomic E-state index is 0.395. The third kappa shape index (κ3) is 3.01. The molecule has 2 aromatic heterocycles. The van der Waals surface area contributed by atoms with Crippen molar-refractivity contribution in [3.63, 3.8) is 0 Å². The van der Waals surface area contributed by atoms with Gasteiger partial charge in [-0.15, -0.1) is 0 Å². The van der Waals surface area contributed by atoms with Crippen molar-refractivity contribution in [2.24, 2.45) is 0 Å². The average molecular weight is 289 g/mol. The zero-order valence-electron chi connectivity index (χ0n) is 13.0. The van der Waals surface area contributed by atoms with Gasteiger partial charge >= 0.3 is 0 Å². The van der Waals surface area contributed by atoms with Gasteiger partial charge in [0.1, 0.15) is 11.5 Å². The number of nitrogens with zero attached hydrogens (tertiary/aromatic N) is 3. The van der Waals surface area contributed by atoms with Gasteiger partial charge in [0, 0.05) is 25.1 Å². The first-order valence-electron chi connectivity index (χ1n) is 7.61. The van der Waals surface area contributed by atoms with Crippen molar-refractivity contribution in [3.8, 4) is 11.8 Å². The molecular formula is C19H19N3. The second-order valence-electron chi connectivity index (χ2n) is 5.50. The fraction of sp³-hybridized carbons (Fsp3) is 0.263. The van der Waals surface area contributed by atoms with Crippen LogP contribution in [0, 0.1) is 11.8 Å². The van der Waals surface area contributed by atoms with Crippen LogP contribution < -0.4 is 0 Å². The molecule has 3 rings (SSSR count). The summed E-state index contributed by atoms with van der Waals surface area (Å²) in [6.07, 6.45) is 3.40. The summed E-state index contributed by atoms with van der Waals surface area (Å²) < 4.78 is 2.30. The van der Waals surface area contributed by atoms with Gasteiger partial charge in [0.05, 0.1) is 11.0 Å². The SMILES string of the molecule is CC(C)n1c(CCC#Cc2ccccn2)nc2ccccc21. The molecule has 0 radical (unpaired) electrons. The maximum Gasteiger partial charge on any atom is 0.113 e.